The van der Waals surface area contributed by atoms with E-state index in [9.17, 15) is 8.42 Å². The molecule has 0 saturated carbocycles. The van der Waals surface area contributed by atoms with Crippen LogP contribution in [0.5, 0.6) is 0 Å². The number of nitrogens with one attached hydrogen (secondary N) is 1. The van der Waals surface area contributed by atoms with Gasteiger partial charge in [-0.2, -0.15) is 12.7 Å². The summed E-state index contributed by atoms with van der Waals surface area (Å²) >= 11 is 5.94. The maximum absolute atomic E-state index is 12.4. The van der Waals surface area contributed by atoms with E-state index in [1.807, 2.05) is 0 Å². The molecule has 7 heteroatoms. The van der Waals surface area contributed by atoms with Crippen molar-refractivity contribution in [1.29, 1.82) is 0 Å². The fourth-order valence-corrected chi connectivity index (χ4v) is 3.65. The van der Waals surface area contributed by atoms with Gasteiger partial charge in [0.25, 0.3) is 0 Å². The molecule has 5 nitrogen and oxygen atoms in total. The summed E-state index contributed by atoms with van der Waals surface area (Å²) < 4.78 is 28.8. The molecule has 3 N–H and O–H groups in total. The van der Waals surface area contributed by atoms with Gasteiger partial charge in [-0.25, -0.2) is 0 Å². The molecule has 0 unspecified atom stereocenters. The third-order valence-corrected chi connectivity index (χ3v) is 4.96. The van der Waals surface area contributed by atoms with E-state index in [2.05, 4.69) is 16.6 Å². The van der Waals surface area contributed by atoms with E-state index in [0.717, 1.165) is 19.3 Å². The van der Waals surface area contributed by atoms with Crippen LogP contribution in [-0.2, 0) is 10.2 Å². The number of hydrogen-bond donors (Lipinski definition) is 2. The lowest BCUT2D eigenvalue weighted by atomic mass is 10.2. The number of nitrogens with two attached hydrogens (primary N) is 1. The van der Waals surface area contributed by atoms with E-state index in [1.54, 1.807) is 18.2 Å². The Balaban J connectivity index is 2.27. The minimum atomic E-state index is -3.58. The number of halogens is 1. The molecule has 1 aromatic rings. The van der Waals surface area contributed by atoms with Crippen molar-refractivity contribution < 1.29 is 8.42 Å². The molecule has 0 spiro atoms. The molecule has 1 fully saturated rings. The van der Waals surface area contributed by atoms with Crippen molar-refractivity contribution in [3.8, 4) is 11.8 Å². The standard InChI is InChI=1S/C14H18ClN3O2S/c15-13-7-6-12(5-4-8-16)14(11-13)17-21(19,20)18-9-2-1-3-10-18/h6-7,11,17H,1-3,8-10,16H2. The van der Waals surface area contributed by atoms with Crippen LogP contribution < -0.4 is 10.5 Å². The first-order valence-electron chi connectivity index (χ1n) is 6.79. The molecule has 1 aliphatic rings. The largest absolute Gasteiger partial charge is 0.320 e. The van der Waals surface area contributed by atoms with Gasteiger partial charge in [0.2, 0.25) is 0 Å². The zero-order valence-electron chi connectivity index (χ0n) is 11.6. The Morgan fingerprint density at radius 2 is 2.00 bits per heavy atom. The Morgan fingerprint density at radius 3 is 2.67 bits per heavy atom. The van der Waals surface area contributed by atoms with Crippen molar-refractivity contribution in [2.45, 2.75) is 19.3 Å². The average Bonchev–Trinajstić information content (AvgIpc) is 2.47. The number of hydrogen-bond acceptors (Lipinski definition) is 3. The van der Waals surface area contributed by atoms with Crippen molar-refractivity contribution >= 4 is 27.5 Å². The fraction of sp³-hybridized carbons (Fsp3) is 0.429. The molecule has 2 rings (SSSR count). The highest BCUT2D eigenvalue weighted by molar-refractivity contribution is 7.90. The molecule has 1 aromatic carbocycles. The van der Waals surface area contributed by atoms with E-state index in [-0.39, 0.29) is 6.54 Å². The third kappa shape index (κ3) is 4.35. The van der Waals surface area contributed by atoms with Crippen molar-refractivity contribution in [1.82, 2.24) is 4.31 Å². The second-order valence-electron chi connectivity index (χ2n) is 4.76. The summed E-state index contributed by atoms with van der Waals surface area (Å²) in [6.07, 6.45) is 2.84. The van der Waals surface area contributed by atoms with Crippen molar-refractivity contribution in [2.24, 2.45) is 5.73 Å². The highest BCUT2D eigenvalue weighted by Gasteiger charge is 2.24. The summed E-state index contributed by atoms with van der Waals surface area (Å²) in [5, 5.41) is 0.449. The smallest absolute Gasteiger partial charge is 0.301 e. The molecule has 1 aliphatic heterocycles. The fourth-order valence-electron chi connectivity index (χ4n) is 2.16. The molecule has 1 saturated heterocycles. The van der Waals surface area contributed by atoms with Gasteiger partial charge in [0.1, 0.15) is 0 Å². The highest BCUT2D eigenvalue weighted by Crippen LogP contribution is 2.23. The van der Waals surface area contributed by atoms with Gasteiger partial charge in [-0.15, -0.1) is 0 Å². The van der Waals surface area contributed by atoms with Gasteiger partial charge >= 0.3 is 10.2 Å². The Kier molecular flexibility index (Phi) is 5.48. The van der Waals surface area contributed by atoms with E-state index < -0.39 is 10.2 Å². The Hall–Kier alpha value is -1.26. The zero-order valence-corrected chi connectivity index (χ0v) is 13.2. The van der Waals surface area contributed by atoms with Crippen molar-refractivity contribution in [3.05, 3.63) is 28.8 Å². The molecule has 0 radical (unpaired) electrons. The number of piperidine rings is 1. The second kappa shape index (κ2) is 7.14. The molecule has 0 atom stereocenters. The average molecular weight is 328 g/mol. The van der Waals surface area contributed by atoms with Crippen LogP contribution >= 0.6 is 11.6 Å². The lowest BCUT2D eigenvalue weighted by Crippen LogP contribution is -2.39. The van der Waals surface area contributed by atoms with Crippen LogP contribution in [0.25, 0.3) is 0 Å². The lowest BCUT2D eigenvalue weighted by Gasteiger charge is -2.26. The van der Waals surface area contributed by atoms with Crippen molar-refractivity contribution in [3.63, 3.8) is 0 Å². The minimum absolute atomic E-state index is 0.209. The van der Waals surface area contributed by atoms with Crippen LogP contribution in [0.4, 0.5) is 5.69 Å². The molecular formula is C14H18ClN3O2S. The van der Waals surface area contributed by atoms with Crippen LogP contribution in [0.1, 0.15) is 24.8 Å². The Labute approximate surface area is 130 Å². The highest BCUT2D eigenvalue weighted by atomic mass is 35.5. The first kappa shape index (κ1) is 16.1. The second-order valence-corrected chi connectivity index (χ2v) is 6.87. The number of benzene rings is 1. The summed E-state index contributed by atoms with van der Waals surface area (Å²) in [4.78, 5) is 0. The van der Waals surface area contributed by atoms with Crippen LogP contribution in [0.15, 0.2) is 18.2 Å². The summed E-state index contributed by atoms with van der Waals surface area (Å²) in [6, 6.07) is 4.91. The Bertz CT molecular complexity index is 659. The van der Waals surface area contributed by atoms with Crippen molar-refractivity contribution in [2.75, 3.05) is 24.4 Å². The molecule has 21 heavy (non-hydrogen) atoms. The monoisotopic (exact) mass is 327 g/mol. The van der Waals surface area contributed by atoms with Crippen LogP contribution in [0.2, 0.25) is 5.02 Å². The summed E-state index contributed by atoms with van der Waals surface area (Å²) in [6.45, 7) is 1.29. The van der Waals surface area contributed by atoms with Crippen LogP contribution in [-0.4, -0.2) is 32.4 Å². The van der Waals surface area contributed by atoms with E-state index in [4.69, 9.17) is 17.3 Å². The molecule has 114 valence electrons. The van der Waals surface area contributed by atoms with Crippen LogP contribution in [0.3, 0.4) is 0 Å². The molecule has 0 aliphatic carbocycles. The van der Waals surface area contributed by atoms with Gasteiger partial charge in [-0.3, -0.25) is 4.72 Å². The summed E-state index contributed by atoms with van der Waals surface area (Å²) in [5.74, 6) is 5.56. The number of rotatable bonds is 3. The normalized spacial score (nSPS) is 16.1. The molecule has 0 bridgehead atoms. The SMILES string of the molecule is NCC#Cc1ccc(Cl)cc1NS(=O)(=O)N1CCCCC1. The van der Waals surface area contributed by atoms with Gasteiger partial charge in [0.15, 0.2) is 0 Å². The van der Waals surface area contributed by atoms with E-state index >= 15 is 0 Å². The summed E-state index contributed by atoms with van der Waals surface area (Å²) in [5.41, 5.74) is 6.30. The first-order chi connectivity index (χ1) is 10.0. The summed E-state index contributed by atoms with van der Waals surface area (Å²) in [7, 11) is -3.58. The van der Waals surface area contributed by atoms with Crippen LogP contribution in [0, 0.1) is 11.8 Å². The number of anilines is 1. The van der Waals surface area contributed by atoms with E-state index in [0.29, 0.717) is 29.4 Å². The van der Waals surface area contributed by atoms with Gasteiger partial charge in [0.05, 0.1) is 12.2 Å². The maximum Gasteiger partial charge on any atom is 0.301 e. The molecule has 0 aromatic heterocycles. The maximum atomic E-state index is 12.4. The van der Waals surface area contributed by atoms with E-state index in [1.165, 1.54) is 4.31 Å². The quantitative estimate of drug-likeness (QED) is 0.831. The molecule has 1 heterocycles. The van der Waals surface area contributed by atoms with Gasteiger partial charge in [-0.1, -0.05) is 29.9 Å². The predicted molar refractivity (Wildman–Crippen MR) is 85.4 cm³/mol. The third-order valence-electron chi connectivity index (χ3n) is 3.20. The first-order valence-corrected chi connectivity index (χ1v) is 8.61. The van der Waals surface area contributed by atoms with Gasteiger partial charge in [-0.05, 0) is 31.0 Å². The van der Waals surface area contributed by atoms with Gasteiger partial charge in [0, 0.05) is 23.7 Å². The molecular weight excluding hydrogens is 310 g/mol. The van der Waals surface area contributed by atoms with Gasteiger partial charge < -0.3 is 5.73 Å². The molecule has 0 amide bonds. The lowest BCUT2D eigenvalue weighted by molar-refractivity contribution is 0.349. The Morgan fingerprint density at radius 1 is 1.29 bits per heavy atom. The minimum Gasteiger partial charge on any atom is -0.320 e. The zero-order chi connectivity index (χ0) is 15.3. The predicted octanol–water partition coefficient (Wildman–Crippen LogP) is 1.79. The number of nitrogens with zero attached hydrogens (tertiary/aromatic N) is 1. The topological polar surface area (TPSA) is 75.4 Å².